The van der Waals surface area contributed by atoms with Crippen molar-refractivity contribution in [3.63, 3.8) is 0 Å². The van der Waals surface area contributed by atoms with Gasteiger partial charge in [-0.2, -0.15) is 0 Å². The number of halogens is 1. The van der Waals surface area contributed by atoms with Gasteiger partial charge in [0.25, 0.3) is 5.56 Å². The molecule has 2 heterocycles. The normalized spacial score (nSPS) is 11.2. The number of aromatic nitrogens is 3. The molecule has 3 aromatic rings. The molecule has 7 nitrogen and oxygen atoms in total. The monoisotopic (exact) mass is 373 g/mol. The fourth-order valence-electron chi connectivity index (χ4n) is 3.01. The molecule has 8 heteroatoms. The highest BCUT2D eigenvalue weighted by atomic mass is 19.1. The van der Waals surface area contributed by atoms with E-state index >= 15 is 0 Å². The second kappa shape index (κ2) is 7.22. The van der Waals surface area contributed by atoms with Gasteiger partial charge in [-0.3, -0.25) is 4.79 Å². The molecule has 0 aliphatic rings. The third kappa shape index (κ3) is 3.30. The highest BCUT2D eigenvalue weighted by Gasteiger charge is 2.23. The number of benzene rings is 1. The maximum Gasteiger partial charge on any atom is 0.340 e. The van der Waals surface area contributed by atoms with Gasteiger partial charge in [0, 0.05) is 17.3 Å². The first-order valence-corrected chi connectivity index (χ1v) is 8.54. The Balaban J connectivity index is 2.21. The maximum absolute atomic E-state index is 14.0. The van der Waals surface area contributed by atoms with Crippen molar-refractivity contribution < 1.29 is 18.7 Å². The lowest BCUT2D eigenvalue weighted by Gasteiger charge is -2.08. The van der Waals surface area contributed by atoms with Crippen LogP contribution in [0.5, 0.6) is 5.75 Å². The first-order chi connectivity index (χ1) is 12.9. The summed E-state index contributed by atoms with van der Waals surface area (Å²) < 4.78 is 25.3. The van der Waals surface area contributed by atoms with E-state index in [4.69, 9.17) is 9.47 Å². The number of esters is 1. The van der Waals surface area contributed by atoms with Crippen LogP contribution in [0.2, 0.25) is 0 Å². The number of nitrogens with zero attached hydrogens (tertiary/aromatic N) is 2. The second-order valence-electron chi connectivity index (χ2n) is 6.28. The molecule has 142 valence electrons. The number of ether oxygens (including phenoxy) is 2. The largest absolute Gasteiger partial charge is 0.494 e. The van der Waals surface area contributed by atoms with Gasteiger partial charge in [-0.1, -0.05) is 13.8 Å². The van der Waals surface area contributed by atoms with Crippen molar-refractivity contribution in [2.45, 2.75) is 26.7 Å². The van der Waals surface area contributed by atoms with Crippen LogP contribution in [-0.2, 0) is 4.74 Å². The number of fused-ring (bicyclic) bond motifs is 1. The molecule has 3 rings (SSSR count). The van der Waals surface area contributed by atoms with Crippen molar-refractivity contribution in [3.05, 3.63) is 51.7 Å². The lowest BCUT2D eigenvalue weighted by Crippen LogP contribution is -2.15. The smallest absolute Gasteiger partial charge is 0.340 e. The van der Waals surface area contributed by atoms with Crippen LogP contribution in [0.15, 0.2) is 29.2 Å². The molecule has 27 heavy (non-hydrogen) atoms. The van der Waals surface area contributed by atoms with Crippen LogP contribution in [0.4, 0.5) is 4.39 Å². The molecular formula is C19H20FN3O4. The molecule has 0 aliphatic carbocycles. The third-order valence-electron chi connectivity index (χ3n) is 4.18. The number of carbonyl (C=O) groups is 1. The van der Waals surface area contributed by atoms with E-state index in [0.29, 0.717) is 16.7 Å². The first kappa shape index (κ1) is 18.6. The lowest BCUT2D eigenvalue weighted by molar-refractivity contribution is 0.0525. The zero-order valence-electron chi connectivity index (χ0n) is 15.5. The molecule has 0 saturated carbocycles. The minimum absolute atomic E-state index is 0.0924. The van der Waals surface area contributed by atoms with E-state index in [-0.39, 0.29) is 29.6 Å². The van der Waals surface area contributed by atoms with Gasteiger partial charge in [-0.25, -0.2) is 13.7 Å². The fraction of sp³-hybridized carbons (Fsp3) is 0.316. The first-order valence-electron chi connectivity index (χ1n) is 8.54. The van der Waals surface area contributed by atoms with Gasteiger partial charge >= 0.3 is 5.97 Å². The van der Waals surface area contributed by atoms with Crippen LogP contribution in [0, 0.1) is 5.82 Å². The molecule has 1 N–H and O–H groups in total. The predicted octanol–water partition coefficient (Wildman–Crippen LogP) is 3.14. The molecule has 0 radical (unpaired) electrons. The van der Waals surface area contributed by atoms with Gasteiger partial charge in [-0.05, 0) is 31.0 Å². The quantitative estimate of drug-likeness (QED) is 0.695. The summed E-state index contributed by atoms with van der Waals surface area (Å²) in [5.74, 6) is -0.908. The summed E-state index contributed by atoms with van der Waals surface area (Å²) in [6.45, 7) is 5.70. The van der Waals surface area contributed by atoms with Gasteiger partial charge in [0.1, 0.15) is 5.52 Å². The van der Waals surface area contributed by atoms with Crippen molar-refractivity contribution in [1.82, 2.24) is 14.6 Å². The molecule has 0 atom stereocenters. The number of hydrogen-bond donors (Lipinski definition) is 1. The van der Waals surface area contributed by atoms with Gasteiger partial charge < -0.3 is 14.5 Å². The molecule has 0 aliphatic heterocycles. The fourth-order valence-corrected chi connectivity index (χ4v) is 3.01. The van der Waals surface area contributed by atoms with Gasteiger partial charge in [0.05, 0.1) is 19.3 Å². The van der Waals surface area contributed by atoms with E-state index in [1.54, 1.807) is 13.0 Å². The zero-order valence-corrected chi connectivity index (χ0v) is 15.5. The minimum Gasteiger partial charge on any atom is -0.494 e. The molecule has 0 fully saturated rings. The summed E-state index contributed by atoms with van der Waals surface area (Å²) in [4.78, 5) is 27.7. The Labute approximate surface area is 154 Å². The van der Waals surface area contributed by atoms with Crippen LogP contribution in [0.1, 0.15) is 42.6 Å². The van der Waals surface area contributed by atoms with E-state index < -0.39 is 17.3 Å². The third-order valence-corrected chi connectivity index (χ3v) is 4.18. The Kier molecular flexibility index (Phi) is 4.98. The Hall–Kier alpha value is -3.16. The van der Waals surface area contributed by atoms with Crippen molar-refractivity contribution in [2.75, 3.05) is 13.7 Å². The number of nitrogens with one attached hydrogen (secondary N) is 1. The number of hydrogen-bond acceptors (Lipinski definition) is 5. The topological polar surface area (TPSA) is 85.7 Å². The predicted molar refractivity (Wildman–Crippen MR) is 97.8 cm³/mol. The summed E-state index contributed by atoms with van der Waals surface area (Å²) in [5, 5.41) is 4.35. The van der Waals surface area contributed by atoms with Crippen LogP contribution in [0.25, 0.3) is 16.9 Å². The molecule has 2 aromatic heterocycles. The SMILES string of the molecule is CCOC(=O)c1cn2nc(-c3ccc(OC)c(F)c3)[nH]c(=O)c2c1C(C)C. The summed E-state index contributed by atoms with van der Waals surface area (Å²) in [6.07, 6.45) is 1.47. The Morgan fingerprint density at radius 1 is 1.37 bits per heavy atom. The summed E-state index contributed by atoms with van der Waals surface area (Å²) in [5.41, 5.74) is 1.09. The molecule has 0 saturated heterocycles. The summed E-state index contributed by atoms with van der Waals surface area (Å²) in [7, 11) is 1.37. The second-order valence-corrected chi connectivity index (χ2v) is 6.28. The highest BCUT2D eigenvalue weighted by molar-refractivity contribution is 5.94. The van der Waals surface area contributed by atoms with Gasteiger partial charge in [-0.15, -0.1) is 5.10 Å². The molecule has 0 spiro atoms. The van der Waals surface area contributed by atoms with Crippen molar-refractivity contribution in [2.24, 2.45) is 0 Å². The zero-order chi connectivity index (χ0) is 19.7. The van der Waals surface area contributed by atoms with Crippen molar-refractivity contribution >= 4 is 11.5 Å². The van der Waals surface area contributed by atoms with E-state index in [0.717, 1.165) is 0 Å². The Bertz CT molecular complexity index is 1070. The average Bonchev–Trinajstić information content (AvgIpc) is 3.02. The number of aromatic amines is 1. The Morgan fingerprint density at radius 2 is 2.11 bits per heavy atom. The standard InChI is InChI=1S/C19H20FN3O4/c1-5-27-19(25)12-9-23-16(15(12)10(2)3)18(24)21-17(22-23)11-6-7-14(26-4)13(20)8-11/h6-10H,5H2,1-4H3,(H,21,22,24). The number of H-pyrrole nitrogens is 1. The van der Waals surface area contributed by atoms with Crippen LogP contribution in [-0.4, -0.2) is 34.3 Å². The van der Waals surface area contributed by atoms with E-state index in [2.05, 4.69) is 10.1 Å². The van der Waals surface area contributed by atoms with Gasteiger partial charge in [0.15, 0.2) is 17.4 Å². The highest BCUT2D eigenvalue weighted by Crippen LogP contribution is 2.27. The van der Waals surface area contributed by atoms with E-state index in [1.165, 1.54) is 30.0 Å². The molecule has 1 aromatic carbocycles. The molecular weight excluding hydrogens is 353 g/mol. The number of methoxy groups -OCH3 is 1. The lowest BCUT2D eigenvalue weighted by atomic mass is 10.0. The van der Waals surface area contributed by atoms with Crippen molar-refractivity contribution in [1.29, 1.82) is 0 Å². The van der Waals surface area contributed by atoms with Crippen LogP contribution >= 0.6 is 0 Å². The Morgan fingerprint density at radius 3 is 2.70 bits per heavy atom. The summed E-state index contributed by atoms with van der Waals surface area (Å²) >= 11 is 0. The van der Waals surface area contributed by atoms with Crippen molar-refractivity contribution in [3.8, 4) is 17.1 Å². The molecule has 0 unspecified atom stereocenters. The van der Waals surface area contributed by atoms with Crippen LogP contribution in [0.3, 0.4) is 0 Å². The minimum atomic E-state index is -0.569. The number of carbonyl (C=O) groups excluding carboxylic acids is 1. The van der Waals surface area contributed by atoms with E-state index in [1.807, 2.05) is 13.8 Å². The van der Waals surface area contributed by atoms with Crippen LogP contribution < -0.4 is 10.3 Å². The number of rotatable bonds is 5. The molecule has 0 bridgehead atoms. The average molecular weight is 373 g/mol. The maximum atomic E-state index is 14.0. The molecule has 0 amide bonds. The van der Waals surface area contributed by atoms with Gasteiger partial charge in [0.2, 0.25) is 0 Å². The summed E-state index contributed by atoms with van der Waals surface area (Å²) in [6, 6.07) is 4.27. The van der Waals surface area contributed by atoms with E-state index in [9.17, 15) is 14.0 Å².